The van der Waals surface area contributed by atoms with Crippen molar-refractivity contribution in [2.75, 3.05) is 0 Å². The third kappa shape index (κ3) is 5.99. The summed E-state index contributed by atoms with van der Waals surface area (Å²) in [6.07, 6.45) is 4.27. The van der Waals surface area contributed by atoms with Crippen LogP contribution in [0.15, 0.2) is 31.0 Å². The highest BCUT2D eigenvalue weighted by Gasteiger charge is 2.44. The zero-order valence-corrected chi connectivity index (χ0v) is 10.4. The van der Waals surface area contributed by atoms with Crippen LogP contribution in [0.3, 0.4) is 0 Å². The fourth-order valence-electron chi connectivity index (χ4n) is 0.727. The Morgan fingerprint density at radius 1 is 1.50 bits per heavy atom. The van der Waals surface area contributed by atoms with Crippen molar-refractivity contribution >= 4 is 21.7 Å². The van der Waals surface area contributed by atoms with E-state index in [-0.39, 0.29) is 0 Å². The van der Waals surface area contributed by atoms with E-state index in [9.17, 15) is 13.2 Å². The lowest BCUT2D eigenvalue weighted by atomic mass is 10.2. The van der Waals surface area contributed by atoms with Gasteiger partial charge in [0.2, 0.25) is 0 Å². The van der Waals surface area contributed by atoms with E-state index in [1.165, 1.54) is 0 Å². The molecule has 0 spiro atoms. The van der Waals surface area contributed by atoms with E-state index in [2.05, 4.69) is 11.6 Å². The topological polar surface area (TPSA) is 67.3 Å². The predicted octanol–water partition coefficient (Wildman–Crippen LogP) is 2.86. The maximum absolute atomic E-state index is 10.7. The quantitative estimate of drug-likeness (QED) is 0.395. The van der Waals surface area contributed by atoms with Crippen molar-refractivity contribution in [2.24, 2.45) is 0 Å². The number of pyridine rings is 1. The van der Waals surface area contributed by atoms with E-state index in [1.54, 1.807) is 6.20 Å². The molecule has 102 valence electrons. The lowest BCUT2D eigenvalue weighted by Gasteiger charge is -1.97. The minimum atomic E-state index is -5.84. The zero-order valence-electron chi connectivity index (χ0n) is 8.85. The SMILES string of the molecule is C=CCc1cccnc1Cl.O=S(=O)(O)C(F)(F)F. The van der Waals surface area contributed by atoms with Crippen LogP contribution in [0.5, 0.6) is 0 Å². The Morgan fingerprint density at radius 2 is 2.00 bits per heavy atom. The summed E-state index contributed by atoms with van der Waals surface area (Å²) in [4.78, 5) is 3.92. The molecular formula is C9H9ClF3NO3S. The second-order valence-electron chi connectivity index (χ2n) is 2.87. The average Bonchev–Trinajstić information content (AvgIpc) is 2.20. The van der Waals surface area contributed by atoms with Crippen molar-refractivity contribution in [3.8, 4) is 0 Å². The van der Waals surface area contributed by atoms with Crippen molar-refractivity contribution < 1.29 is 26.1 Å². The summed E-state index contributed by atoms with van der Waals surface area (Å²) in [5.41, 5.74) is -4.51. The minimum absolute atomic E-state index is 0.572. The van der Waals surface area contributed by atoms with Gasteiger partial charge in [0.1, 0.15) is 5.15 Å². The Labute approximate surface area is 107 Å². The smallest absolute Gasteiger partial charge is 0.279 e. The fourth-order valence-corrected chi connectivity index (χ4v) is 0.924. The molecule has 0 fully saturated rings. The zero-order chi connectivity index (χ0) is 14.4. The molecule has 0 unspecified atom stereocenters. The molecular weight excluding hydrogens is 295 g/mol. The molecule has 0 aliphatic heterocycles. The van der Waals surface area contributed by atoms with Gasteiger partial charge in [-0.25, -0.2) is 4.98 Å². The number of hydrogen-bond acceptors (Lipinski definition) is 3. The van der Waals surface area contributed by atoms with Crippen LogP contribution in [0, 0.1) is 0 Å². The summed E-state index contributed by atoms with van der Waals surface area (Å²) < 4.78 is 57.5. The Bertz CT molecular complexity index is 502. The molecule has 1 aromatic rings. The number of halogens is 4. The third-order valence-electron chi connectivity index (χ3n) is 1.49. The van der Waals surface area contributed by atoms with Gasteiger partial charge in [-0.1, -0.05) is 23.7 Å². The largest absolute Gasteiger partial charge is 0.522 e. The molecule has 18 heavy (non-hydrogen) atoms. The Kier molecular flexibility index (Phi) is 6.30. The highest BCUT2D eigenvalue weighted by atomic mass is 35.5. The lowest BCUT2D eigenvalue weighted by Crippen LogP contribution is -2.21. The van der Waals surface area contributed by atoms with Crippen molar-refractivity contribution in [3.63, 3.8) is 0 Å². The van der Waals surface area contributed by atoms with Gasteiger partial charge in [0.25, 0.3) is 0 Å². The average molecular weight is 304 g/mol. The van der Waals surface area contributed by atoms with Crippen molar-refractivity contribution in [2.45, 2.75) is 11.9 Å². The van der Waals surface area contributed by atoms with Crippen LogP contribution in [0.2, 0.25) is 5.15 Å². The molecule has 9 heteroatoms. The molecule has 4 nitrogen and oxygen atoms in total. The van der Waals surface area contributed by atoms with Crippen LogP contribution in [0.1, 0.15) is 5.56 Å². The second kappa shape index (κ2) is 6.72. The minimum Gasteiger partial charge on any atom is -0.279 e. The molecule has 0 aliphatic carbocycles. The van der Waals surface area contributed by atoms with Crippen LogP contribution in [-0.4, -0.2) is 23.5 Å². The van der Waals surface area contributed by atoms with E-state index >= 15 is 0 Å². The molecule has 0 saturated carbocycles. The Balaban J connectivity index is 0.000000331. The number of aromatic nitrogens is 1. The van der Waals surface area contributed by atoms with E-state index in [0.29, 0.717) is 5.15 Å². The van der Waals surface area contributed by atoms with Crippen molar-refractivity contribution in [1.82, 2.24) is 4.98 Å². The molecule has 0 bridgehead atoms. The number of allylic oxidation sites excluding steroid dienone is 1. The molecule has 0 aromatic carbocycles. The van der Waals surface area contributed by atoms with E-state index in [4.69, 9.17) is 24.6 Å². The number of nitrogens with zero attached hydrogens (tertiary/aromatic N) is 1. The van der Waals surface area contributed by atoms with Crippen LogP contribution in [-0.2, 0) is 16.5 Å². The van der Waals surface area contributed by atoms with Gasteiger partial charge < -0.3 is 0 Å². The number of alkyl halides is 3. The highest BCUT2D eigenvalue weighted by molar-refractivity contribution is 7.86. The molecule has 0 atom stereocenters. The summed E-state index contributed by atoms with van der Waals surface area (Å²) in [5, 5.41) is 0.572. The Hall–Kier alpha value is -1.12. The highest BCUT2D eigenvalue weighted by Crippen LogP contribution is 2.20. The molecule has 0 saturated heterocycles. The van der Waals surface area contributed by atoms with Crippen molar-refractivity contribution in [1.29, 1.82) is 0 Å². The van der Waals surface area contributed by atoms with Crippen molar-refractivity contribution in [3.05, 3.63) is 41.7 Å². The summed E-state index contributed by atoms with van der Waals surface area (Å²) >= 11 is 5.74. The molecule has 0 radical (unpaired) electrons. The maximum atomic E-state index is 10.7. The molecule has 1 aromatic heterocycles. The first-order valence-electron chi connectivity index (χ1n) is 4.33. The van der Waals surface area contributed by atoms with Crippen LogP contribution >= 0.6 is 11.6 Å². The predicted molar refractivity (Wildman–Crippen MR) is 60.8 cm³/mol. The monoisotopic (exact) mass is 303 g/mol. The molecule has 0 amide bonds. The summed E-state index contributed by atoms with van der Waals surface area (Å²) in [5.74, 6) is 0. The Morgan fingerprint density at radius 3 is 2.33 bits per heavy atom. The van der Waals surface area contributed by atoms with Crippen LogP contribution in [0.25, 0.3) is 0 Å². The summed E-state index contributed by atoms with van der Waals surface area (Å²) in [6.45, 7) is 3.61. The lowest BCUT2D eigenvalue weighted by molar-refractivity contribution is -0.0510. The normalized spacial score (nSPS) is 11.4. The van der Waals surface area contributed by atoms with Gasteiger partial charge in [-0.15, -0.1) is 6.58 Å². The van der Waals surface area contributed by atoms with Gasteiger partial charge in [0.15, 0.2) is 0 Å². The van der Waals surface area contributed by atoms with Gasteiger partial charge in [-0.05, 0) is 18.1 Å². The first-order valence-corrected chi connectivity index (χ1v) is 6.15. The van der Waals surface area contributed by atoms with Gasteiger partial charge >= 0.3 is 15.6 Å². The van der Waals surface area contributed by atoms with E-state index in [1.807, 2.05) is 18.2 Å². The fraction of sp³-hybridized carbons (Fsp3) is 0.222. The number of rotatable bonds is 2. The van der Waals surface area contributed by atoms with E-state index in [0.717, 1.165) is 12.0 Å². The maximum Gasteiger partial charge on any atom is 0.522 e. The first-order chi connectivity index (χ1) is 8.09. The third-order valence-corrected chi connectivity index (χ3v) is 2.42. The van der Waals surface area contributed by atoms with E-state index < -0.39 is 15.6 Å². The summed E-state index contributed by atoms with van der Waals surface area (Å²) in [7, 11) is -5.84. The van der Waals surface area contributed by atoms with Gasteiger partial charge in [0.05, 0.1) is 0 Å². The number of hydrogen-bond donors (Lipinski definition) is 1. The summed E-state index contributed by atoms with van der Waals surface area (Å²) in [6, 6.07) is 3.81. The first kappa shape index (κ1) is 16.9. The van der Waals surface area contributed by atoms with Gasteiger partial charge in [0, 0.05) is 6.20 Å². The van der Waals surface area contributed by atoms with Crippen LogP contribution < -0.4 is 0 Å². The molecule has 0 aliphatic rings. The second-order valence-corrected chi connectivity index (χ2v) is 4.64. The molecule has 1 heterocycles. The van der Waals surface area contributed by atoms with Gasteiger partial charge in [-0.3, -0.25) is 4.55 Å². The molecule has 1 N–H and O–H groups in total. The standard InChI is InChI=1S/C8H8ClN.CHF3O3S/c1-2-4-7-5-3-6-10-8(7)9;2-1(3,4)8(5,6)7/h2-3,5-6H,1,4H2;(H,5,6,7). The van der Waals surface area contributed by atoms with Crippen LogP contribution in [0.4, 0.5) is 13.2 Å². The van der Waals surface area contributed by atoms with Gasteiger partial charge in [-0.2, -0.15) is 21.6 Å². The molecule has 1 rings (SSSR count).